The summed E-state index contributed by atoms with van der Waals surface area (Å²) in [5, 5.41) is 9.43. The van der Waals surface area contributed by atoms with E-state index in [-0.39, 0.29) is 11.5 Å². The van der Waals surface area contributed by atoms with Crippen molar-refractivity contribution in [3.8, 4) is 23.0 Å². The zero-order chi connectivity index (χ0) is 21.3. The maximum atomic E-state index is 13.1. The van der Waals surface area contributed by atoms with Gasteiger partial charge in [0.05, 0.1) is 14.2 Å². The van der Waals surface area contributed by atoms with Crippen LogP contribution in [0, 0.1) is 0 Å². The Morgan fingerprint density at radius 1 is 0.967 bits per heavy atom. The van der Waals surface area contributed by atoms with Crippen LogP contribution in [0.25, 0.3) is 0 Å². The second-order valence-electron chi connectivity index (χ2n) is 7.51. The Balaban J connectivity index is 1.74. The Hall–Kier alpha value is -2.73. The first-order valence-corrected chi connectivity index (χ1v) is 10.5. The zero-order valence-corrected chi connectivity index (χ0v) is 17.9. The highest BCUT2D eigenvalue weighted by Crippen LogP contribution is 2.38. The number of aryl methyl sites for hydroxylation is 1. The molecule has 0 amide bonds. The molecule has 2 aromatic rings. The van der Waals surface area contributed by atoms with Gasteiger partial charge in [-0.05, 0) is 62.2 Å². The Labute approximate surface area is 178 Å². The Morgan fingerprint density at radius 2 is 1.63 bits per heavy atom. The third-order valence-corrected chi connectivity index (χ3v) is 5.48. The lowest BCUT2D eigenvalue weighted by molar-refractivity contribution is 0.0973. The predicted octanol–water partition coefficient (Wildman–Crippen LogP) is 4.09. The summed E-state index contributed by atoms with van der Waals surface area (Å²) in [4.78, 5) is 15.5. The Bertz CT molecular complexity index is 828. The summed E-state index contributed by atoms with van der Waals surface area (Å²) in [5.74, 6) is 1.61. The molecule has 0 radical (unpaired) electrons. The van der Waals surface area contributed by atoms with Gasteiger partial charge in [0.15, 0.2) is 17.3 Å². The number of likely N-dealkylation sites (tertiary alicyclic amines) is 1. The summed E-state index contributed by atoms with van der Waals surface area (Å²) < 4.78 is 17.0. The highest BCUT2D eigenvalue weighted by atomic mass is 16.5. The van der Waals surface area contributed by atoms with Crippen LogP contribution in [0.2, 0.25) is 0 Å². The van der Waals surface area contributed by atoms with Crippen molar-refractivity contribution < 1.29 is 24.1 Å². The number of ether oxygens (including phenoxy) is 3. The molecule has 1 fully saturated rings. The topological polar surface area (TPSA) is 68.2 Å². The van der Waals surface area contributed by atoms with Crippen molar-refractivity contribution >= 4 is 5.78 Å². The van der Waals surface area contributed by atoms with E-state index in [1.54, 1.807) is 38.5 Å². The lowest BCUT2D eigenvalue weighted by atomic mass is 10.0. The van der Waals surface area contributed by atoms with E-state index >= 15 is 0 Å². The minimum absolute atomic E-state index is 0.0632. The van der Waals surface area contributed by atoms with Crippen molar-refractivity contribution in [2.24, 2.45) is 0 Å². The van der Waals surface area contributed by atoms with Crippen molar-refractivity contribution in [1.82, 2.24) is 4.90 Å². The van der Waals surface area contributed by atoms with Gasteiger partial charge in [-0.3, -0.25) is 9.69 Å². The maximum absolute atomic E-state index is 13.1. The van der Waals surface area contributed by atoms with Crippen LogP contribution in [0.1, 0.15) is 41.6 Å². The number of rotatable bonds is 10. The lowest BCUT2D eigenvalue weighted by Gasteiger charge is -2.26. The van der Waals surface area contributed by atoms with Crippen molar-refractivity contribution in [2.75, 3.05) is 40.5 Å². The van der Waals surface area contributed by atoms with Gasteiger partial charge in [-0.15, -0.1) is 0 Å². The average Bonchev–Trinajstić information content (AvgIpc) is 2.78. The fraction of sp³-hybridized carbons (Fsp3) is 0.458. The van der Waals surface area contributed by atoms with E-state index in [0.29, 0.717) is 42.3 Å². The molecule has 0 aromatic heterocycles. The summed E-state index contributed by atoms with van der Waals surface area (Å²) in [6, 6.07) is 10.4. The molecule has 0 bridgehead atoms. The number of methoxy groups -OCH3 is 2. The van der Waals surface area contributed by atoms with Gasteiger partial charge in [-0.2, -0.15) is 0 Å². The highest BCUT2D eigenvalue weighted by molar-refractivity contribution is 6.02. The number of benzene rings is 2. The molecular weight excluding hydrogens is 382 g/mol. The van der Waals surface area contributed by atoms with Crippen LogP contribution in [0.5, 0.6) is 23.0 Å². The maximum Gasteiger partial charge on any atom is 0.175 e. The fourth-order valence-electron chi connectivity index (χ4n) is 3.79. The fourth-order valence-corrected chi connectivity index (χ4v) is 3.79. The minimum atomic E-state index is -0.0632. The molecule has 0 unspecified atom stereocenters. The molecule has 0 spiro atoms. The standard InChI is InChI=1S/C24H31NO5/c1-28-21-12-13-22(29-2)24(30-17-16-25-14-4-3-5-15-25)23(21)20(27)11-8-18-6-9-19(26)10-7-18/h6-7,9-10,12-13,26H,3-5,8,11,14-17H2,1-2H3. The van der Waals surface area contributed by atoms with Crippen LogP contribution < -0.4 is 14.2 Å². The molecule has 1 heterocycles. The number of carbonyl (C=O) groups is 1. The molecule has 1 aliphatic heterocycles. The summed E-state index contributed by atoms with van der Waals surface area (Å²) in [6.45, 7) is 3.50. The molecule has 1 saturated heterocycles. The number of piperidine rings is 1. The molecule has 2 aromatic carbocycles. The van der Waals surface area contributed by atoms with Crippen LogP contribution in [0.3, 0.4) is 0 Å². The molecule has 1 aliphatic rings. The summed E-state index contributed by atoms with van der Waals surface area (Å²) in [7, 11) is 3.13. The number of aromatic hydroxyl groups is 1. The first kappa shape index (κ1) is 22.0. The molecule has 0 aliphatic carbocycles. The van der Waals surface area contributed by atoms with Gasteiger partial charge in [-0.25, -0.2) is 0 Å². The van der Waals surface area contributed by atoms with Crippen LogP contribution in [0.15, 0.2) is 36.4 Å². The first-order valence-electron chi connectivity index (χ1n) is 10.5. The van der Waals surface area contributed by atoms with Crippen molar-refractivity contribution in [2.45, 2.75) is 32.1 Å². The van der Waals surface area contributed by atoms with E-state index in [9.17, 15) is 9.90 Å². The minimum Gasteiger partial charge on any atom is -0.508 e. The smallest absolute Gasteiger partial charge is 0.175 e. The van der Waals surface area contributed by atoms with Crippen molar-refractivity contribution in [3.63, 3.8) is 0 Å². The number of hydrogen-bond donors (Lipinski definition) is 1. The van der Waals surface area contributed by atoms with E-state index in [2.05, 4.69) is 4.90 Å². The lowest BCUT2D eigenvalue weighted by Crippen LogP contribution is -2.33. The zero-order valence-electron chi connectivity index (χ0n) is 17.9. The van der Waals surface area contributed by atoms with Gasteiger partial charge in [0, 0.05) is 13.0 Å². The summed E-state index contributed by atoms with van der Waals surface area (Å²) in [6.07, 6.45) is 4.61. The number of Topliss-reactive ketones (excluding diaryl/α,β-unsaturated/α-hetero) is 1. The van der Waals surface area contributed by atoms with E-state index in [1.165, 1.54) is 19.3 Å². The normalized spacial score (nSPS) is 14.3. The first-order chi connectivity index (χ1) is 14.6. The van der Waals surface area contributed by atoms with E-state index < -0.39 is 0 Å². The van der Waals surface area contributed by atoms with Crippen LogP contribution in [-0.4, -0.2) is 56.3 Å². The number of carbonyl (C=O) groups excluding carboxylic acids is 1. The van der Waals surface area contributed by atoms with Gasteiger partial charge >= 0.3 is 0 Å². The molecule has 0 atom stereocenters. The third-order valence-electron chi connectivity index (χ3n) is 5.48. The Morgan fingerprint density at radius 3 is 2.30 bits per heavy atom. The quantitative estimate of drug-likeness (QED) is 0.592. The van der Waals surface area contributed by atoms with Gasteiger partial charge in [-0.1, -0.05) is 18.6 Å². The Kier molecular flexibility index (Phi) is 7.97. The van der Waals surface area contributed by atoms with Crippen LogP contribution in [-0.2, 0) is 6.42 Å². The third kappa shape index (κ3) is 5.66. The second-order valence-corrected chi connectivity index (χ2v) is 7.51. The van der Waals surface area contributed by atoms with E-state index in [4.69, 9.17) is 14.2 Å². The number of phenolic OH excluding ortho intramolecular Hbond substituents is 1. The number of hydrogen-bond acceptors (Lipinski definition) is 6. The van der Waals surface area contributed by atoms with Crippen LogP contribution >= 0.6 is 0 Å². The highest BCUT2D eigenvalue weighted by Gasteiger charge is 2.23. The molecule has 6 nitrogen and oxygen atoms in total. The van der Waals surface area contributed by atoms with Gasteiger partial charge < -0.3 is 19.3 Å². The number of nitrogens with zero attached hydrogens (tertiary/aromatic N) is 1. The van der Waals surface area contributed by atoms with Crippen LogP contribution in [0.4, 0.5) is 0 Å². The molecular formula is C24H31NO5. The second kappa shape index (κ2) is 10.9. The molecule has 1 N–H and O–H groups in total. The summed E-state index contributed by atoms with van der Waals surface area (Å²) >= 11 is 0. The van der Waals surface area contributed by atoms with Gasteiger partial charge in [0.25, 0.3) is 0 Å². The predicted molar refractivity (Wildman–Crippen MR) is 116 cm³/mol. The van der Waals surface area contributed by atoms with Gasteiger partial charge in [0.1, 0.15) is 23.7 Å². The van der Waals surface area contributed by atoms with Gasteiger partial charge in [0.2, 0.25) is 0 Å². The monoisotopic (exact) mass is 413 g/mol. The van der Waals surface area contributed by atoms with E-state index in [0.717, 1.165) is 25.2 Å². The molecule has 0 saturated carbocycles. The molecule has 6 heteroatoms. The molecule has 30 heavy (non-hydrogen) atoms. The molecule has 162 valence electrons. The molecule has 3 rings (SSSR count). The largest absolute Gasteiger partial charge is 0.508 e. The summed E-state index contributed by atoms with van der Waals surface area (Å²) in [5.41, 5.74) is 1.41. The van der Waals surface area contributed by atoms with Crippen molar-refractivity contribution in [1.29, 1.82) is 0 Å². The number of ketones is 1. The van der Waals surface area contributed by atoms with E-state index in [1.807, 2.05) is 12.1 Å². The SMILES string of the molecule is COc1ccc(OC)c(C(=O)CCc2ccc(O)cc2)c1OCCN1CCCCC1. The number of phenols is 1. The van der Waals surface area contributed by atoms with Crippen molar-refractivity contribution in [3.05, 3.63) is 47.5 Å². The average molecular weight is 414 g/mol.